The molecule has 16 heavy (non-hydrogen) atoms. The molecule has 0 unspecified atom stereocenters. The molecule has 2 rings (SSSR count). The summed E-state index contributed by atoms with van der Waals surface area (Å²) in [6.45, 7) is 0.375. The second-order valence-electron chi connectivity index (χ2n) is 3.37. The van der Waals surface area contributed by atoms with E-state index in [1.54, 1.807) is 0 Å². The average Bonchev–Trinajstić information content (AvgIpc) is 2.68. The number of nitrogens with one attached hydrogen (secondary N) is 1. The normalized spacial score (nSPS) is 23.9. The molecule has 1 amide bonds. The Morgan fingerprint density at radius 3 is 2.81 bits per heavy atom. The largest absolute Gasteiger partial charge is 0.415 e. The van der Waals surface area contributed by atoms with Crippen molar-refractivity contribution in [3.8, 4) is 0 Å². The van der Waals surface area contributed by atoms with E-state index in [9.17, 15) is 4.79 Å². The number of carbonyl (C=O) groups excluding carboxylic acids is 1. The number of ether oxygens (including phenoxy) is 3. The first-order valence-electron chi connectivity index (χ1n) is 4.95. The van der Waals surface area contributed by atoms with Crippen molar-refractivity contribution < 1.29 is 19.0 Å². The third kappa shape index (κ3) is 2.50. The lowest BCUT2D eigenvalue weighted by atomic mass is 10.2. The zero-order valence-corrected chi connectivity index (χ0v) is 8.88. The first-order valence-corrected chi connectivity index (χ1v) is 4.95. The number of carbonyl (C=O) groups is 1. The Balaban J connectivity index is 1.88. The zero-order valence-electron chi connectivity index (χ0n) is 8.88. The molecule has 5 heteroatoms. The zero-order chi connectivity index (χ0) is 11.4. The Kier molecular flexibility index (Phi) is 3.38. The van der Waals surface area contributed by atoms with Crippen molar-refractivity contribution in [2.45, 2.75) is 19.1 Å². The Hall–Kier alpha value is -1.59. The second-order valence-corrected chi connectivity index (χ2v) is 3.37. The summed E-state index contributed by atoms with van der Waals surface area (Å²) in [6, 6.07) is 9.65. The van der Waals surface area contributed by atoms with E-state index in [0.29, 0.717) is 6.61 Å². The van der Waals surface area contributed by atoms with Crippen LogP contribution in [0.1, 0.15) is 5.56 Å². The summed E-state index contributed by atoms with van der Waals surface area (Å²) < 4.78 is 15.3. The van der Waals surface area contributed by atoms with Gasteiger partial charge >= 0.3 is 6.09 Å². The number of amides is 1. The van der Waals surface area contributed by atoms with Gasteiger partial charge in [0.05, 0.1) is 6.61 Å². The minimum absolute atomic E-state index is 0.375. The van der Waals surface area contributed by atoms with Crippen LogP contribution in [0.2, 0.25) is 0 Å². The number of alkyl carbamates (subject to hydrolysis) is 1. The average molecular weight is 223 g/mol. The number of hydrogen-bond donors (Lipinski definition) is 1. The van der Waals surface area contributed by atoms with Crippen molar-refractivity contribution >= 4 is 6.09 Å². The summed E-state index contributed by atoms with van der Waals surface area (Å²) in [6.07, 6.45) is -1.76. The van der Waals surface area contributed by atoms with Gasteiger partial charge in [0.15, 0.2) is 6.23 Å². The Morgan fingerprint density at radius 2 is 2.12 bits per heavy atom. The maximum absolute atomic E-state index is 10.9. The van der Waals surface area contributed by atoms with Gasteiger partial charge in [-0.1, -0.05) is 30.3 Å². The molecule has 1 aliphatic heterocycles. The van der Waals surface area contributed by atoms with Gasteiger partial charge < -0.3 is 14.2 Å². The van der Waals surface area contributed by atoms with Gasteiger partial charge in [0.25, 0.3) is 6.29 Å². The Morgan fingerprint density at radius 1 is 1.38 bits per heavy atom. The highest BCUT2D eigenvalue weighted by Crippen LogP contribution is 2.13. The second kappa shape index (κ2) is 4.96. The van der Waals surface area contributed by atoms with Crippen LogP contribution in [0.5, 0.6) is 0 Å². The highest BCUT2D eigenvalue weighted by molar-refractivity contribution is 5.69. The molecule has 1 aromatic rings. The van der Waals surface area contributed by atoms with E-state index in [1.807, 2.05) is 30.3 Å². The lowest BCUT2D eigenvalue weighted by molar-refractivity contribution is -0.150. The van der Waals surface area contributed by atoms with Crippen LogP contribution < -0.4 is 5.32 Å². The van der Waals surface area contributed by atoms with Crippen LogP contribution in [0.4, 0.5) is 4.79 Å². The number of methoxy groups -OCH3 is 1. The monoisotopic (exact) mass is 223 g/mol. The number of rotatable bonds is 4. The van der Waals surface area contributed by atoms with Crippen LogP contribution >= 0.6 is 0 Å². The quantitative estimate of drug-likeness (QED) is 0.834. The molecule has 0 radical (unpaired) electrons. The molecule has 1 aliphatic rings. The molecule has 1 saturated heterocycles. The van der Waals surface area contributed by atoms with Crippen LogP contribution in [-0.4, -0.2) is 25.7 Å². The van der Waals surface area contributed by atoms with Gasteiger partial charge in [-0.15, -0.1) is 0 Å². The molecule has 1 heterocycles. The Labute approximate surface area is 93.3 Å². The van der Waals surface area contributed by atoms with Crippen LogP contribution in [0.3, 0.4) is 0 Å². The van der Waals surface area contributed by atoms with Crippen molar-refractivity contribution in [1.82, 2.24) is 5.32 Å². The van der Waals surface area contributed by atoms with Gasteiger partial charge in [-0.2, -0.15) is 0 Å². The highest BCUT2D eigenvalue weighted by Gasteiger charge is 2.34. The number of cyclic esters (lactones) is 1. The summed E-state index contributed by atoms with van der Waals surface area (Å²) in [5, 5.41) is 2.48. The maximum atomic E-state index is 10.9. The molecule has 1 fully saturated rings. The molecule has 0 aliphatic carbocycles. The highest BCUT2D eigenvalue weighted by atomic mass is 16.7. The van der Waals surface area contributed by atoms with Gasteiger partial charge in [0, 0.05) is 7.11 Å². The predicted octanol–water partition coefficient (Wildman–Crippen LogP) is 1.24. The van der Waals surface area contributed by atoms with Crippen LogP contribution in [0.15, 0.2) is 30.3 Å². The van der Waals surface area contributed by atoms with Gasteiger partial charge in [0.1, 0.15) is 0 Å². The summed E-state index contributed by atoms with van der Waals surface area (Å²) in [5.41, 5.74) is 1.01. The molecular formula is C11H13NO4. The molecule has 0 bridgehead atoms. The van der Waals surface area contributed by atoms with Crippen LogP contribution in [0.25, 0.3) is 0 Å². The molecule has 2 atom stereocenters. The molecule has 86 valence electrons. The SMILES string of the molecule is CO[C@H]1NC(=O)O[C@@H]1OCc1ccccc1. The van der Waals surface area contributed by atoms with Gasteiger partial charge in [-0.3, -0.25) is 5.32 Å². The van der Waals surface area contributed by atoms with Gasteiger partial charge in [0.2, 0.25) is 0 Å². The summed E-state index contributed by atoms with van der Waals surface area (Å²) in [5.74, 6) is 0. The number of hydrogen-bond acceptors (Lipinski definition) is 4. The smallest absolute Gasteiger partial charge is 0.411 e. The lowest BCUT2D eigenvalue weighted by Crippen LogP contribution is -2.34. The molecule has 1 N–H and O–H groups in total. The first kappa shape index (κ1) is 10.9. The summed E-state index contributed by atoms with van der Waals surface area (Å²) >= 11 is 0. The summed E-state index contributed by atoms with van der Waals surface area (Å²) in [7, 11) is 1.48. The van der Waals surface area contributed by atoms with Crippen LogP contribution in [0, 0.1) is 0 Å². The van der Waals surface area contributed by atoms with Gasteiger partial charge in [-0.05, 0) is 5.56 Å². The fourth-order valence-electron chi connectivity index (χ4n) is 1.43. The van der Waals surface area contributed by atoms with Gasteiger partial charge in [-0.25, -0.2) is 4.79 Å². The predicted molar refractivity (Wildman–Crippen MR) is 55.4 cm³/mol. The molecule has 0 spiro atoms. The lowest BCUT2D eigenvalue weighted by Gasteiger charge is -2.15. The fourth-order valence-corrected chi connectivity index (χ4v) is 1.43. The molecular weight excluding hydrogens is 210 g/mol. The van der Waals surface area contributed by atoms with Crippen molar-refractivity contribution in [3.05, 3.63) is 35.9 Å². The first-order chi connectivity index (χ1) is 7.79. The minimum Gasteiger partial charge on any atom is -0.415 e. The van der Waals surface area contributed by atoms with Crippen LogP contribution in [-0.2, 0) is 20.8 Å². The molecule has 5 nitrogen and oxygen atoms in total. The topological polar surface area (TPSA) is 56.8 Å². The number of benzene rings is 1. The van der Waals surface area contributed by atoms with E-state index in [0.717, 1.165) is 5.56 Å². The van der Waals surface area contributed by atoms with Crippen molar-refractivity contribution in [2.24, 2.45) is 0 Å². The Bertz CT molecular complexity index is 354. The molecule has 0 saturated carbocycles. The fraction of sp³-hybridized carbons (Fsp3) is 0.364. The van der Waals surface area contributed by atoms with E-state index in [2.05, 4.69) is 5.32 Å². The minimum atomic E-state index is -0.697. The standard InChI is InChI=1S/C11H13NO4/c1-14-9-10(16-11(13)12-9)15-7-8-5-3-2-4-6-8/h2-6,9-10H,7H2,1H3,(H,12,13)/t9-,10+/m1/s1. The van der Waals surface area contributed by atoms with E-state index < -0.39 is 18.6 Å². The molecule has 1 aromatic carbocycles. The third-order valence-corrected chi connectivity index (χ3v) is 2.24. The van der Waals surface area contributed by atoms with E-state index >= 15 is 0 Å². The van der Waals surface area contributed by atoms with Crippen molar-refractivity contribution in [2.75, 3.05) is 7.11 Å². The van der Waals surface area contributed by atoms with E-state index in [1.165, 1.54) is 7.11 Å². The van der Waals surface area contributed by atoms with E-state index in [4.69, 9.17) is 14.2 Å². The maximum Gasteiger partial charge on any atom is 0.411 e. The van der Waals surface area contributed by atoms with Crippen molar-refractivity contribution in [1.29, 1.82) is 0 Å². The van der Waals surface area contributed by atoms with E-state index in [-0.39, 0.29) is 0 Å². The summed E-state index contributed by atoms with van der Waals surface area (Å²) in [4.78, 5) is 10.9. The van der Waals surface area contributed by atoms with Crippen molar-refractivity contribution in [3.63, 3.8) is 0 Å². The third-order valence-electron chi connectivity index (χ3n) is 2.24. The molecule has 0 aromatic heterocycles.